The van der Waals surface area contributed by atoms with Gasteiger partial charge in [-0.1, -0.05) is 0 Å². The topological polar surface area (TPSA) is 75.7 Å². The summed E-state index contributed by atoms with van der Waals surface area (Å²) in [7, 11) is -0.989. The highest BCUT2D eigenvalue weighted by molar-refractivity contribution is 7.84. The highest BCUT2D eigenvalue weighted by atomic mass is 32.2. The minimum Gasteiger partial charge on any atom is -0.371 e. The van der Waals surface area contributed by atoms with Crippen LogP contribution in [0, 0.1) is 0 Å². The van der Waals surface area contributed by atoms with E-state index in [2.05, 4.69) is 5.32 Å². The number of hydrogen-bond donors (Lipinski definition) is 1. The van der Waals surface area contributed by atoms with Gasteiger partial charge in [0, 0.05) is 26.7 Å². The summed E-state index contributed by atoms with van der Waals surface area (Å²) in [5.41, 5.74) is 0.576. The Morgan fingerprint density at radius 3 is 2.18 bits per heavy atom. The van der Waals surface area contributed by atoms with Crippen molar-refractivity contribution >= 4 is 21.9 Å². The van der Waals surface area contributed by atoms with Crippen molar-refractivity contribution in [3.8, 4) is 5.75 Å². The fraction of sp³-hybridized carbons (Fsp3) is 0.300. The first-order valence-electron chi connectivity index (χ1n) is 4.81. The highest BCUT2D eigenvalue weighted by Crippen LogP contribution is 2.17. The van der Waals surface area contributed by atoms with Crippen LogP contribution in [-0.4, -0.2) is 32.7 Å². The van der Waals surface area contributed by atoms with E-state index in [-0.39, 0.29) is 11.7 Å². The summed E-state index contributed by atoms with van der Waals surface area (Å²) in [6, 6.07) is 6.04. The van der Waals surface area contributed by atoms with E-state index in [1.54, 1.807) is 12.1 Å². The van der Waals surface area contributed by atoms with Gasteiger partial charge in [-0.15, -0.1) is 0 Å². The van der Waals surface area contributed by atoms with Crippen molar-refractivity contribution in [3.63, 3.8) is 0 Å². The van der Waals surface area contributed by atoms with Crippen LogP contribution in [0.2, 0.25) is 0 Å². The lowest BCUT2D eigenvalue weighted by Gasteiger charge is -2.12. The van der Waals surface area contributed by atoms with Gasteiger partial charge in [0.25, 0.3) is 0 Å². The number of nitrogens with one attached hydrogen (secondary N) is 1. The van der Waals surface area contributed by atoms with Crippen LogP contribution in [0.4, 0.5) is 5.69 Å². The molecule has 0 radical (unpaired) electrons. The van der Waals surface area contributed by atoms with E-state index in [0.29, 0.717) is 5.69 Å². The Balaban J connectivity index is 2.79. The smallest absolute Gasteiger partial charge is 0.371 e. The average molecular weight is 258 g/mol. The van der Waals surface area contributed by atoms with E-state index < -0.39 is 10.3 Å². The molecular weight excluding hydrogens is 244 g/mol. The first-order valence-corrected chi connectivity index (χ1v) is 6.17. The van der Waals surface area contributed by atoms with Gasteiger partial charge in [-0.05, 0) is 24.3 Å². The first kappa shape index (κ1) is 13.5. The van der Waals surface area contributed by atoms with Gasteiger partial charge in [0.15, 0.2) is 0 Å². The van der Waals surface area contributed by atoms with E-state index >= 15 is 0 Å². The molecule has 0 saturated carbocycles. The van der Waals surface area contributed by atoms with Gasteiger partial charge in [0.05, 0.1) is 0 Å². The van der Waals surface area contributed by atoms with E-state index in [1.807, 2.05) is 0 Å². The Bertz CT molecular complexity index is 494. The van der Waals surface area contributed by atoms with Crippen LogP contribution < -0.4 is 9.50 Å². The van der Waals surface area contributed by atoms with Gasteiger partial charge in [-0.25, -0.2) is 0 Å². The molecule has 1 aromatic carbocycles. The van der Waals surface area contributed by atoms with Crippen LogP contribution in [0.15, 0.2) is 24.3 Å². The zero-order valence-corrected chi connectivity index (χ0v) is 10.6. The van der Waals surface area contributed by atoms with Crippen molar-refractivity contribution < 1.29 is 17.4 Å². The Morgan fingerprint density at radius 1 is 1.24 bits per heavy atom. The number of carbonyl (C=O) groups excluding carboxylic acids is 1. The molecule has 1 aromatic rings. The number of anilines is 1. The molecule has 0 aliphatic carbocycles. The van der Waals surface area contributed by atoms with Gasteiger partial charge < -0.3 is 9.50 Å². The van der Waals surface area contributed by atoms with Crippen LogP contribution in [0.5, 0.6) is 5.75 Å². The Labute approximate surface area is 100 Å². The van der Waals surface area contributed by atoms with Gasteiger partial charge in [0.1, 0.15) is 5.75 Å². The molecule has 0 bridgehead atoms. The van der Waals surface area contributed by atoms with Gasteiger partial charge in [-0.3, -0.25) is 4.79 Å². The van der Waals surface area contributed by atoms with Crippen molar-refractivity contribution in [2.45, 2.75) is 6.92 Å². The molecule has 0 unspecified atom stereocenters. The Kier molecular flexibility index (Phi) is 4.08. The molecule has 0 atom stereocenters. The molecule has 1 amide bonds. The maximum Gasteiger partial charge on any atom is 0.384 e. The lowest BCUT2D eigenvalue weighted by molar-refractivity contribution is -0.114. The molecule has 94 valence electrons. The number of rotatable bonds is 4. The van der Waals surface area contributed by atoms with Crippen LogP contribution >= 0.6 is 0 Å². The summed E-state index contributed by atoms with van der Waals surface area (Å²) in [4.78, 5) is 10.8. The summed E-state index contributed by atoms with van der Waals surface area (Å²) in [5.74, 6) is -0.00705. The molecule has 0 saturated heterocycles. The fourth-order valence-corrected chi connectivity index (χ4v) is 1.50. The lowest BCUT2D eigenvalue weighted by Crippen LogP contribution is -2.26. The molecule has 0 aliphatic heterocycles. The highest BCUT2D eigenvalue weighted by Gasteiger charge is 2.15. The van der Waals surface area contributed by atoms with Gasteiger partial charge >= 0.3 is 10.3 Å². The van der Waals surface area contributed by atoms with Crippen LogP contribution in [0.25, 0.3) is 0 Å². The van der Waals surface area contributed by atoms with Crippen molar-refractivity contribution in [1.82, 2.24) is 4.31 Å². The summed E-state index contributed by atoms with van der Waals surface area (Å²) in [6.45, 7) is 1.39. The number of hydrogen-bond acceptors (Lipinski definition) is 4. The van der Waals surface area contributed by atoms with Crippen LogP contribution in [0.3, 0.4) is 0 Å². The molecule has 0 aliphatic rings. The number of nitrogens with zero attached hydrogens (tertiary/aromatic N) is 1. The Morgan fingerprint density at radius 2 is 1.76 bits per heavy atom. The van der Waals surface area contributed by atoms with E-state index in [1.165, 1.54) is 33.2 Å². The maximum atomic E-state index is 11.4. The zero-order valence-electron chi connectivity index (χ0n) is 9.80. The SMILES string of the molecule is CC(=O)Nc1ccc(OS(=O)(=O)N(C)C)cc1. The predicted octanol–water partition coefficient (Wildman–Crippen LogP) is 0.830. The standard InChI is InChI=1S/C10H14N2O4S/c1-8(13)11-9-4-6-10(7-5-9)16-17(14,15)12(2)3/h4-7H,1-3H3,(H,11,13). The largest absolute Gasteiger partial charge is 0.384 e. The second-order valence-electron chi connectivity index (χ2n) is 3.53. The van der Waals surface area contributed by atoms with Crippen molar-refractivity contribution in [2.24, 2.45) is 0 Å². The number of carbonyl (C=O) groups is 1. The summed E-state index contributed by atoms with van der Waals surface area (Å²) in [5, 5.41) is 2.56. The summed E-state index contributed by atoms with van der Waals surface area (Å²) >= 11 is 0. The van der Waals surface area contributed by atoms with Crippen molar-refractivity contribution in [2.75, 3.05) is 19.4 Å². The number of benzene rings is 1. The molecular formula is C10H14N2O4S. The summed E-state index contributed by atoms with van der Waals surface area (Å²) in [6.07, 6.45) is 0. The van der Waals surface area contributed by atoms with E-state index in [9.17, 15) is 13.2 Å². The van der Waals surface area contributed by atoms with E-state index in [4.69, 9.17) is 4.18 Å². The molecule has 1 N–H and O–H groups in total. The lowest BCUT2D eigenvalue weighted by atomic mass is 10.3. The predicted molar refractivity (Wildman–Crippen MR) is 64.0 cm³/mol. The monoisotopic (exact) mass is 258 g/mol. The zero-order chi connectivity index (χ0) is 13.1. The second kappa shape index (κ2) is 5.15. The first-order chi connectivity index (χ1) is 7.81. The fourth-order valence-electron chi connectivity index (χ4n) is 0.993. The molecule has 0 spiro atoms. The minimum atomic E-state index is -3.74. The van der Waals surface area contributed by atoms with Crippen LogP contribution in [-0.2, 0) is 15.1 Å². The third kappa shape index (κ3) is 4.04. The average Bonchev–Trinajstić information content (AvgIpc) is 2.19. The molecule has 0 heterocycles. The van der Waals surface area contributed by atoms with Crippen molar-refractivity contribution in [3.05, 3.63) is 24.3 Å². The molecule has 1 rings (SSSR count). The molecule has 17 heavy (non-hydrogen) atoms. The third-order valence-corrected chi connectivity index (χ3v) is 3.12. The minimum absolute atomic E-state index is 0.188. The summed E-state index contributed by atoms with van der Waals surface area (Å²) < 4.78 is 28.6. The number of amides is 1. The van der Waals surface area contributed by atoms with Gasteiger partial charge in [0.2, 0.25) is 5.91 Å². The molecule has 6 nitrogen and oxygen atoms in total. The quantitative estimate of drug-likeness (QED) is 0.868. The van der Waals surface area contributed by atoms with Crippen LogP contribution in [0.1, 0.15) is 6.92 Å². The van der Waals surface area contributed by atoms with Gasteiger partial charge in [-0.2, -0.15) is 12.7 Å². The molecule has 0 fully saturated rings. The second-order valence-corrected chi connectivity index (χ2v) is 5.28. The van der Waals surface area contributed by atoms with Crippen molar-refractivity contribution in [1.29, 1.82) is 0 Å². The Hall–Kier alpha value is -1.60. The molecule has 0 aromatic heterocycles. The molecule has 7 heteroatoms. The normalized spacial score (nSPS) is 11.3. The van der Waals surface area contributed by atoms with E-state index in [0.717, 1.165) is 4.31 Å². The maximum absolute atomic E-state index is 11.4. The third-order valence-electron chi connectivity index (χ3n) is 1.82.